The highest BCUT2D eigenvalue weighted by molar-refractivity contribution is 7.79. The Labute approximate surface area is 88.1 Å². The van der Waals surface area contributed by atoms with E-state index in [4.69, 9.17) is 4.55 Å². The summed E-state index contributed by atoms with van der Waals surface area (Å²) in [5.41, 5.74) is 0.491. The van der Waals surface area contributed by atoms with E-state index in [0.717, 1.165) is 0 Å². The molecular weight excluding hydrogens is 220 g/mol. The van der Waals surface area contributed by atoms with Gasteiger partial charge in [0, 0.05) is 18.3 Å². The van der Waals surface area contributed by atoms with Crippen molar-refractivity contribution in [3.05, 3.63) is 34.4 Å². The van der Waals surface area contributed by atoms with Crippen LogP contribution in [0.2, 0.25) is 0 Å². The Bertz CT molecular complexity index is 402. The van der Waals surface area contributed by atoms with Crippen LogP contribution in [0, 0.1) is 10.1 Å². The third-order valence-electron chi connectivity index (χ3n) is 1.52. The van der Waals surface area contributed by atoms with Gasteiger partial charge in [0.05, 0.1) is 16.4 Å². The summed E-state index contributed by atoms with van der Waals surface area (Å²) >= 11 is -1.91. The predicted octanol–water partition coefficient (Wildman–Crippen LogP) is 1.52. The van der Waals surface area contributed by atoms with E-state index in [9.17, 15) is 14.3 Å². The van der Waals surface area contributed by atoms with Gasteiger partial charge in [-0.3, -0.25) is 15.1 Å². The van der Waals surface area contributed by atoms with Crippen molar-refractivity contribution >= 4 is 28.7 Å². The van der Waals surface area contributed by atoms with Gasteiger partial charge in [-0.25, -0.2) is 4.21 Å². The van der Waals surface area contributed by atoms with Gasteiger partial charge in [0.1, 0.15) is 0 Å². The van der Waals surface area contributed by atoms with Crippen LogP contribution in [0.25, 0.3) is 0 Å². The highest BCUT2D eigenvalue weighted by Gasteiger charge is 2.02. The van der Waals surface area contributed by atoms with Gasteiger partial charge in [-0.05, 0) is 12.1 Å². The fraction of sp³-hybridized carbons (Fsp3) is 0.125. The van der Waals surface area contributed by atoms with Crippen molar-refractivity contribution in [1.29, 1.82) is 0 Å². The Hall–Kier alpha value is -1.60. The molecule has 0 aromatic heterocycles. The van der Waals surface area contributed by atoms with Gasteiger partial charge in [0.15, 0.2) is 11.1 Å². The predicted molar refractivity (Wildman–Crippen MR) is 56.9 cm³/mol. The van der Waals surface area contributed by atoms with Crippen molar-refractivity contribution in [2.24, 2.45) is 4.99 Å². The van der Waals surface area contributed by atoms with Crippen molar-refractivity contribution in [2.45, 2.75) is 0 Å². The number of nitrogens with zero attached hydrogens (tertiary/aromatic N) is 2. The Kier molecular flexibility index (Phi) is 4.07. The van der Waals surface area contributed by atoms with E-state index < -0.39 is 16.0 Å². The number of hydrogen-bond acceptors (Lipinski definition) is 4. The summed E-state index contributed by atoms with van der Waals surface area (Å²) in [4.78, 5) is 13.7. The maximum absolute atomic E-state index is 10.3. The topological polar surface area (TPSA) is 92.8 Å². The molecule has 0 radical (unpaired) electrons. The van der Waals surface area contributed by atoms with E-state index >= 15 is 0 Å². The fourth-order valence-corrected chi connectivity index (χ4v) is 1.07. The first kappa shape index (κ1) is 11.5. The van der Waals surface area contributed by atoms with E-state index in [2.05, 4.69) is 4.99 Å². The Balaban J connectivity index is 2.68. The smallest absolute Gasteiger partial charge is 0.269 e. The number of nitro benzene ring substituents is 1. The van der Waals surface area contributed by atoms with Crippen LogP contribution in [-0.2, 0) is 11.1 Å². The lowest BCUT2D eigenvalue weighted by molar-refractivity contribution is -0.384. The number of non-ortho nitro benzene ring substituents is 1. The zero-order valence-electron chi connectivity index (χ0n) is 7.57. The molecular formula is C8H8N2O4S. The highest BCUT2D eigenvalue weighted by Crippen LogP contribution is 2.17. The van der Waals surface area contributed by atoms with E-state index in [0.29, 0.717) is 5.69 Å². The van der Waals surface area contributed by atoms with E-state index in [-0.39, 0.29) is 11.4 Å². The lowest BCUT2D eigenvalue weighted by Crippen LogP contribution is -1.94. The largest absolute Gasteiger partial charge is 0.306 e. The average Bonchev–Trinajstić information content (AvgIpc) is 2.18. The average molecular weight is 228 g/mol. The highest BCUT2D eigenvalue weighted by atomic mass is 32.2. The fourth-order valence-electron chi connectivity index (χ4n) is 0.867. The van der Waals surface area contributed by atoms with Crippen LogP contribution in [0.3, 0.4) is 0 Å². The standard InChI is InChI=1S/C8H8N2O4S/c11-10(12)8-3-1-7(2-4-8)9-5-6-15(13)14/h1-5H,6H2,(H,13,14). The molecule has 1 aromatic carbocycles. The van der Waals surface area contributed by atoms with Gasteiger partial charge in [0.2, 0.25) is 0 Å². The second kappa shape index (κ2) is 5.32. The molecule has 6 nitrogen and oxygen atoms in total. The summed E-state index contributed by atoms with van der Waals surface area (Å²) in [6.07, 6.45) is 1.29. The first-order valence-corrected chi connectivity index (χ1v) is 5.21. The summed E-state index contributed by atoms with van der Waals surface area (Å²) < 4.78 is 18.7. The third-order valence-corrected chi connectivity index (χ3v) is 1.95. The Morgan fingerprint density at radius 2 is 2.07 bits per heavy atom. The molecule has 0 saturated heterocycles. The van der Waals surface area contributed by atoms with E-state index in [1.807, 2.05) is 0 Å². The summed E-state index contributed by atoms with van der Waals surface area (Å²) in [5, 5.41) is 10.3. The van der Waals surface area contributed by atoms with Gasteiger partial charge < -0.3 is 4.55 Å². The van der Waals surface area contributed by atoms with Crippen molar-refractivity contribution in [3.8, 4) is 0 Å². The SMILES string of the molecule is O=[N+]([O-])c1ccc(N=CCS(=O)O)cc1. The van der Waals surface area contributed by atoms with Gasteiger partial charge >= 0.3 is 0 Å². The van der Waals surface area contributed by atoms with Crippen molar-refractivity contribution in [2.75, 3.05) is 5.75 Å². The molecule has 0 aliphatic rings. The minimum absolute atomic E-state index is 0.0142. The van der Waals surface area contributed by atoms with Gasteiger partial charge in [0.25, 0.3) is 5.69 Å². The van der Waals surface area contributed by atoms with Crippen molar-refractivity contribution < 1.29 is 13.7 Å². The number of rotatable bonds is 4. The van der Waals surface area contributed by atoms with E-state index in [1.54, 1.807) is 0 Å². The number of nitro groups is 1. The molecule has 15 heavy (non-hydrogen) atoms. The summed E-state index contributed by atoms with van der Waals surface area (Å²) in [6, 6.07) is 5.58. The molecule has 7 heteroatoms. The second-order valence-corrected chi connectivity index (χ2v) is 3.55. The lowest BCUT2D eigenvalue weighted by Gasteiger charge is -1.92. The van der Waals surface area contributed by atoms with Crippen molar-refractivity contribution in [1.82, 2.24) is 0 Å². The zero-order chi connectivity index (χ0) is 11.3. The molecule has 0 saturated carbocycles. The molecule has 80 valence electrons. The minimum Gasteiger partial charge on any atom is -0.306 e. The summed E-state index contributed by atoms with van der Waals surface area (Å²) in [6.45, 7) is 0. The monoisotopic (exact) mass is 228 g/mol. The van der Waals surface area contributed by atoms with Crippen molar-refractivity contribution in [3.63, 3.8) is 0 Å². The Morgan fingerprint density at radius 1 is 1.47 bits per heavy atom. The molecule has 0 bridgehead atoms. The molecule has 0 heterocycles. The normalized spacial score (nSPS) is 12.9. The summed E-state index contributed by atoms with van der Waals surface area (Å²) in [7, 11) is 0. The second-order valence-electron chi connectivity index (χ2n) is 2.57. The maximum atomic E-state index is 10.3. The maximum Gasteiger partial charge on any atom is 0.269 e. The molecule has 0 aliphatic heterocycles. The third kappa shape index (κ3) is 3.96. The van der Waals surface area contributed by atoms with Crippen LogP contribution in [0.15, 0.2) is 29.3 Å². The molecule has 0 aliphatic carbocycles. The van der Waals surface area contributed by atoms with Crippen LogP contribution in [0.5, 0.6) is 0 Å². The molecule has 1 rings (SSSR count). The molecule has 0 fully saturated rings. The molecule has 1 N–H and O–H groups in total. The quantitative estimate of drug-likeness (QED) is 0.366. The van der Waals surface area contributed by atoms with Gasteiger partial charge in [-0.1, -0.05) is 0 Å². The summed E-state index contributed by atoms with van der Waals surface area (Å²) in [5.74, 6) is -0.0585. The van der Waals surface area contributed by atoms with E-state index in [1.165, 1.54) is 30.5 Å². The van der Waals surface area contributed by atoms with Crippen LogP contribution < -0.4 is 0 Å². The number of hydrogen-bond donors (Lipinski definition) is 1. The zero-order valence-corrected chi connectivity index (χ0v) is 8.38. The lowest BCUT2D eigenvalue weighted by atomic mass is 10.3. The van der Waals surface area contributed by atoms with Crippen LogP contribution >= 0.6 is 0 Å². The number of aliphatic imine (C=N–C) groups is 1. The number of benzene rings is 1. The van der Waals surface area contributed by atoms with Crippen LogP contribution in [0.1, 0.15) is 0 Å². The first-order valence-electron chi connectivity index (χ1n) is 3.94. The Morgan fingerprint density at radius 3 is 2.53 bits per heavy atom. The molecule has 1 atom stereocenters. The van der Waals surface area contributed by atoms with Crippen LogP contribution in [0.4, 0.5) is 11.4 Å². The van der Waals surface area contributed by atoms with Gasteiger partial charge in [-0.2, -0.15) is 0 Å². The van der Waals surface area contributed by atoms with Crippen LogP contribution in [-0.4, -0.2) is 25.7 Å². The molecule has 0 spiro atoms. The minimum atomic E-state index is -1.91. The molecule has 1 unspecified atom stereocenters. The molecule has 1 aromatic rings. The van der Waals surface area contributed by atoms with Gasteiger partial charge in [-0.15, -0.1) is 0 Å². The molecule has 0 amide bonds. The first-order chi connectivity index (χ1) is 7.09.